The Kier molecular flexibility index (Phi) is 1.90. The Labute approximate surface area is 100 Å². The fraction of sp³-hybridized carbons (Fsp3) is 0.692. The van der Waals surface area contributed by atoms with Crippen LogP contribution in [0.5, 0.6) is 0 Å². The molecule has 2 saturated carbocycles. The minimum Gasteiger partial charge on any atom is -0.309 e. The molecule has 1 aromatic heterocycles. The Morgan fingerprint density at radius 1 is 1.18 bits per heavy atom. The Bertz CT molecular complexity index is 471. The highest BCUT2D eigenvalue weighted by Crippen LogP contribution is 2.51. The largest absolute Gasteiger partial charge is 0.309 e. The summed E-state index contributed by atoms with van der Waals surface area (Å²) in [7, 11) is 0. The zero-order chi connectivity index (χ0) is 11.4. The molecule has 0 saturated heterocycles. The summed E-state index contributed by atoms with van der Waals surface area (Å²) >= 11 is 0. The monoisotopic (exact) mass is 231 g/mol. The molecular formula is C13H17N3O. The van der Waals surface area contributed by atoms with Gasteiger partial charge in [-0.3, -0.25) is 9.89 Å². The van der Waals surface area contributed by atoms with E-state index < -0.39 is 0 Å². The highest BCUT2D eigenvalue weighted by Gasteiger charge is 2.41. The number of fused-ring (bicyclic) bond motifs is 1. The van der Waals surface area contributed by atoms with Crippen LogP contribution < -0.4 is 5.32 Å². The summed E-state index contributed by atoms with van der Waals surface area (Å²) in [5, 5.41) is 10.4. The SMILES string of the molecule is O=C1CC(C2CC2)c2c(n[nH]c2C2CCC2)N1. The molecule has 2 N–H and O–H groups in total. The number of nitrogens with one attached hydrogen (secondary N) is 2. The van der Waals surface area contributed by atoms with E-state index in [1.165, 1.54) is 43.4 Å². The van der Waals surface area contributed by atoms with Crippen molar-refractivity contribution >= 4 is 11.7 Å². The molecule has 2 aliphatic carbocycles. The molecule has 1 atom stereocenters. The molecule has 4 nitrogen and oxygen atoms in total. The van der Waals surface area contributed by atoms with E-state index in [0.717, 1.165) is 11.7 Å². The highest BCUT2D eigenvalue weighted by atomic mass is 16.1. The van der Waals surface area contributed by atoms with Crippen LogP contribution in [0.2, 0.25) is 0 Å². The number of aromatic amines is 1. The lowest BCUT2D eigenvalue weighted by molar-refractivity contribution is -0.117. The van der Waals surface area contributed by atoms with Gasteiger partial charge in [0.05, 0.1) is 0 Å². The smallest absolute Gasteiger partial charge is 0.226 e. The van der Waals surface area contributed by atoms with Crippen molar-refractivity contribution in [2.45, 2.75) is 50.4 Å². The Morgan fingerprint density at radius 3 is 2.65 bits per heavy atom. The third kappa shape index (κ3) is 1.43. The molecule has 2 fully saturated rings. The molecule has 0 aromatic carbocycles. The highest BCUT2D eigenvalue weighted by molar-refractivity contribution is 5.94. The standard InChI is InChI=1S/C13H17N3O/c17-10-6-9(7-4-5-7)11-12(8-2-1-3-8)15-16-13(11)14-10/h7-9H,1-6H2,(H2,14,15,16,17). The van der Waals surface area contributed by atoms with Crippen LogP contribution in [0.4, 0.5) is 5.82 Å². The number of amides is 1. The molecule has 1 amide bonds. The van der Waals surface area contributed by atoms with Crippen LogP contribution in [-0.4, -0.2) is 16.1 Å². The van der Waals surface area contributed by atoms with Gasteiger partial charge < -0.3 is 5.32 Å². The van der Waals surface area contributed by atoms with Crippen LogP contribution >= 0.6 is 0 Å². The molecule has 0 spiro atoms. The first-order chi connectivity index (χ1) is 8.33. The van der Waals surface area contributed by atoms with Gasteiger partial charge in [0.25, 0.3) is 0 Å². The maximum absolute atomic E-state index is 11.7. The van der Waals surface area contributed by atoms with Crippen molar-refractivity contribution in [2.24, 2.45) is 5.92 Å². The third-order valence-corrected chi connectivity index (χ3v) is 4.57. The predicted molar refractivity (Wildman–Crippen MR) is 63.9 cm³/mol. The van der Waals surface area contributed by atoms with Crippen molar-refractivity contribution in [1.29, 1.82) is 0 Å². The molecule has 4 heteroatoms. The number of hydrogen-bond donors (Lipinski definition) is 2. The summed E-state index contributed by atoms with van der Waals surface area (Å²) in [5.74, 6) is 2.80. The molecule has 17 heavy (non-hydrogen) atoms. The topological polar surface area (TPSA) is 57.8 Å². The number of aromatic nitrogens is 2. The van der Waals surface area contributed by atoms with E-state index in [1.807, 2.05) is 0 Å². The Hall–Kier alpha value is -1.32. The zero-order valence-corrected chi connectivity index (χ0v) is 9.83. The number of hydrogen-bond acceptors (Lipinski definition) is 2. The fourth-order valence-corrected chi connectivity index (χ4v) is 3.23. The van der Waals surface area contributed by atoms with Gasteiger partial charge in [-0.25, -0.2) is 0 Å². The molecule has 2 heterocycles. The summed E-state index contributed by atoms with van der Waals surface area (Å²) in [6.07, 6.45) is 7.12. The van der Waals surface area contributed by atoms with Crippen molar-refractivity contribution in [2.75, 3.05) is 5.32 Å². The number of rotatable bonds is 2. The van der Waals surface area contributed by atoms with E-state index in [4.69, 9.17) is 0 Å². The van der Waals surface area contributed by atoms with Crippen LogP contribution in [0.3, 0.4) is 0 Å². The molecule has 0 radical (unpaired) electrons. The first-order valence-electron chi connectivity index (χ1n) is 6.71. The molecule has 1 unspecified atom stereocenters. The van der Waals surface area contributed by atoms with Crippen LogP contribution in [0.1, 0.15) is 61.6 Å². The van der Waals surface area contributed by atoms with Crippen molar-refractivity contribution in [3.63, 3.8) is 0 Å². The summed E-state index contributed by atoms with van der Waals surface area (Å²) in [6, 6.07) is 0. The molecule has 4 rings (SSSR count). The van der Waals surface area contributed by atoms with Crippen LogP contribution in [0.15, 0.2) is 0 Å². The van der Waals surface area contributed by atoms with Gasteiger partial charge in [-0.05, 0) is 31.6 Å². The van der Waals surface area contributed by atoms with Gasteiger partial charge in [-0.15, -0.1) is 0 Å². The number of H-pyrrole nitrogens is 1. The van der Waals surface area contributed by atoms with Gasteiger partial charge in [0, 0.05) is 29.5 Å². The fourth-order valence-electron chi connectivity index (χ4n) is 3.23. The maximum atomic E-state index is 11.7. The zero-order valence-electron chi connectivity index (χ0n) is 9.83. The third-order valence-electron chi connectivity index (χ3n) is 4.57. The molecule has 1 aromatic rings. The van der Waals surface area contributed by atoms with E-state index in [0.29, 0.717) is 18.3 Å². The van der Waals surface area contributed by atoms with E-state index >= 15 is 0 Å². The summed E-state index contributed by atoms with van der Waals surface area (Å²) in [4.78, 5) is 11.7. The van der Waals surface area contributed by atoms with Gasteiger partial charge in [0.1, 0.15) is 0 Å². The first kappa shape index (κ1) is 9.68. The van der Waals surface area contributed by atoms with E-state index in [2.05, 4.69) is 15.5 Å². The van der Waals surface area contributed by atoms with Crippen molar-refractivity contribution < 1.29 is 4.79 Å². The normalized spacial score (nSPS) is 28.5. The lowest BCUT2D eigenvalue weighted by Gasteiger charge is -2.29. The number of carbonyl (C=O) groups is 1. The number of nitrogens with zero attached hydrogens (tertiary/aromatic N) is 1. The molecule has 0 bridgehead atoms. The second kappa shape index (κ2) is 3.34. The lowest BCUT2D eigenvalue weighted by Crippen LogP contribution is -2.25. The van der Waals surface area contributed by atoms with Crippen LogP contribution in [0.25, 0.3) is 0 Å². The molecule has 1 aliphatic heterocycles. The molecule has 90 valence electrons. The summed E-state index contributed by atoms with van der Waals surface area (Å²) in [5.41, 5.74) is 2.67. The molecule has 3 aliphatic rings. The second-order valence-corrected chi connectivity index (χ2v) is 5.72. The van der Waals surface area contributed by atoms with Gasteiger partial charge in [-0.2, -0.15) is 5.10 Å². The van der Waals surface area contributed by atoms with Gasteiger partial charge >= 0.3 is 0 Å². The first-order valence-corrected chi connectivity index (χ1v) is 6.71. The number of anilines is 1. The summed E-state index contributed by atoms with van der Waals surface area (Å²) in [6.45, 7) is 0. The Morgan fingerprint density at radius 2 is 2.00 bits per heavy atom. The van der Waals surface area contributed by atoms with Crippen LogP contribution in [0, 0.1) is 5.92 Å². The van der Waals surface area contributed by atoms with E-state index in [1.54, 1.807) is 0 Å². The van der Waals surface area contributed by atoms with Gasteiger partial charge in [-0.1, -0.05) is 6.42 Å². The quantitative estimate of drug-likeness (QED) is 0.821. The minimum atomic E-state index is 0.140. The molecular weight excluding hydrogens is 214 g/mol. The van der Waals surface area contributed by atoms with Gasteiger partial charge in [0.15, 0.2) is 5.82 Å². The van der Waals surface area contributed by atoms with Crippen LogP contribution in [-0.2, 0) is 4.79 Å². The number of carbonyl (C=O) groups excluding carboxylic acids is 1. The van der Waals surface area contributed by atoms with Crippen molar-refractivity contribution in [3.05, 3.63) is 11.3 Å². The summed E-state index contributed by atoms with van der Waals surface area (Å²) < 4.78 is 0. The van der Waals surface area contributed by atoms with Crippen molar-refractivity contribution in [3.8, 4) is 0 Å². The average molecular weight is 231 g/mol. The lowest BCUT2D eigenvalue weighted by atomic mass is 9.77. The van der Waals surface area contributed by atoms with E-state index in [9.17, 15) is 4.79 Å². The van der Waals surface area contributed by atoms with Crippen molar-refractivity contribution in [1.82, 2.24) is 10.2 Å². The van der Waals surface area contributed by atoms with E-state index in [-0.39, 0.29) is 5.91 Å². The Balaban J connectivity index is 1.76. The average Bonchev–Trinajstić information content (AvgIpc) is 2.99. The predicted octanol–water partition coefficient (Wildman–Crippen LogP) is 2.51. The minimum absolute atomic E-state index is 0.140. The maximum Gasteiger partial charge on any atom is 0.226 e. The second-order valence-electron chi connectivity index (χ2n) is 5.72. The van der Waals surface area contributed by atoms with Gasteiger partial charge in [0.2, 0.25) is 5.91 Å².